The van der Waals surface area contributed by atoms with Crippen LogP contribution in [0.25, 0.3) is 0 Å². The van der Waals surface area contributed by atoms with Crippen LogP contribution in [0, 0.1) is 0 Å². The predicted molar refractivity (Wildman–Crippen MR) is 112 cm³/mol. The van der Waals surface area contributed by atoms with Crippen molar-refractivity contribution < 1.29 is 14.7 Å². The smallest absolute Gasteiger partial charge is 0.255 e. The number of nitrogens with zero attached hydrogens (tertiary/aromatic N) is 1. The normalized spacial score (nSPS) is 15.2. The molecule has 0 spiro atoms. The number of hydrogen-bond acceptors (Lipinski definition) is 4. The van der Waals surface area contributed by atoms with E-state index < -0.39 is 6.04 Å². The molecule has 1 heterocycles. The summed E-state index contributed by atoms with van der Waals surface area (Å²) >= 11 is 1.67. The summed E-state index contributed by atoms with van der Waals surface area (Å²) in [6.07, 6.45) is 3.12. The second kappa shape index (κ2) is 9.75. The van der Waals surface area contributed by atoms with Crippen molar-refractivity contribution in [2.75, 3.05) is 18.6 Å². The zero-order chi connectivity index (χ0) is 19.9. The average Bonchev–Trinajstić information content (AvgIpc) is 3.06. The molecular weight excluding hydrogens is 372 g/mol. The lowest BCUT2D eigenvalue weighted by Crippen LogP contribution is -2.51. The molecule has 0 fully saturated rings. The SMILES string of the molecule is CSCC[C@@H](CO)NC(=O)C(Cc1ccccc1)N1Cc2ccccc2C1=O. The molecule has 6 heteroatoms. The van der Waals surface area contributed by atoms with Crippen LogP contribution in [-0.4, -0.2) is 52.5 Å². The Hall–Kier alpha value is -2.31. The molecule has 2 aromatic rings. The molecule has 0 saturated heterocycles. The van der Waals surface area contributed by atoms with Gasteiger partial charge in [-0.25, -0.2) is 0 Å². The van der Waals surface area contributed by atoms with E-state index in [-0.39, 0.29) is 24.5 Å². The largest absolute Gasteiger partial charge is 0.394 e. The van der Waals surface area contributed by atoms with Gasteiger partial charge in [0, 0.05) is 18.5 Å². The zero-order valence-electron chi connectivity index (χ0n) is 16.0. The van der Waals surface area contributed by atoms with E-state index in [1.54, 1.807) is 16.7 Å². The quantitative estimate of drug-likeness (QED) is 0.681. The van der Waals surface area contributed by atoms with Gasteiger partial charge in [-0.15, -0.1) is 0 Å². The molecule has 1 aliphatic rings. The Morgan fingerprint density at radius 1 is 1.18 bits per heavy atom. The fourth-order valence-corrected chi connectivity index (χ4v) is 4.00. The fourth-order valence-electron chi connectivity index (χ4n) is 3.48. The topological polar surface area (TPSA) is 69.6 Å². The van der Waals surface area contributed by atoms with E-state index in [2.05, 4.69) is 5.32 Å². The lowest BCUT2D eigenvalue weighted by molar-refractivity contribution is -0.126. The van der Waals surface area contributed by atoms with Crippen molar-refractivity contribution >= 4 is 23.6 Å². The van der Waals surface area contributed by atoms with Crippen molar-refractivity contribution in [3.8, 4) is 0 Å². The van der Waals surface area contributed by atoms with Crippen molar-refractivity contribution in [1.29, 1.82) is 0 Å². The highest BCUT2D eigenvalue weighted by Gasteiger charge is 2.36. The van der Waals surface area contributed by atoms with E-state index in [0.29, 0.717) is 24.9 Å². The number of rotatable bonds is 9. The van der Waals surface area contributed by atoms with Crippen LogP contribution in [0.2, 0.25) is 0 Å². The van der Waals surface area contributed by atoms with Crippen LogP contribution in [0.3, 0.4) is 0 Å². The Kier molecular flexibility index (Phi) is 7.12. The Balaban J connectivity index is 1.81. The minimum atomic E-state index is -0.620. The molecule has 2 N–H and O–H groups in total. The molecule has 0 aromatic heterocycles. The summed E-state index contributed by atoms with van der Waals surface area (Å²) in [6.45, 7) is 0.313. The van der Waals surface area contributed by atoms with Crippen molar-refractivity contribution in [2.24, 2.45) is 0 Å². The van der Waals surface area contributed by atoms with Crippen molar-refractivity contribution in [3.63, 3.8) is 0 Å². The van der Waals surface area contributed by atoms with E-state index in [9.17, 15) is 14.7 Å². The molecular formula is C22H26N2O3S. The number of amides is 2. The zero-order valence-corrected chi connectivity index (χ0v) is 16.8. The van der Waals surface area contributed by atoms with E-state index in [4.69, 9.17) is 0 Å². The summed E-state index contributed by atoms with van der Waals surface area (Å²) in [5.41, 5.74) is 2.60. The monoisotopic (exact) mass is 398 g/mol. The highest BCUT2D eigenvalue weighted by molar-refractivity contribution is 7.98. The Labute approximate surface area is 170 Å². The number of benzene rings is 2. The first-order valence-corrected chi connectivity index (χ1v) is 10.9. The molecule has 28 heavy (non-hydrogen) atoms. The summed E-state index contributed by atoms with van der Waals surface area (Å²) in [5.74, 6) is 0.518. The van der Waals surface area contributed by atoms with Crippen LogP contribution in [0.5, 0.6) is 0 Å². The molecule has 2 aromatic carbocycles. The molecule has 5 nitrogen and oxygen atoms in total. The number of carbonyl (C=O) groups excluding carboxylic acids is 2. The first-order chi connectivity index (χ1) is 13.6. The number of hydrogen-bond donors (Lipinski definition) is 2. The summed E-state index contributed by atoms with van der Waals surface area (Å²) in [6, 6.07) is 16.3. The van der Waals surface area contributed by atoms with E-state index in [1.807, 2.05) is 60.9 Å². The van der Waals surface area contributed by atoms with Gasteiger partial charge in [0.15, 0.2) is 0 Å². The Morgan fingerprint density at radius 3 is 2.57 bits per heavy atom. The van der Waals surface area contributed by atoms with Gasteiger partial charge in [-0.3, -0.25) is 9.59 Å². The number of aliphatic hydroxyl groups excluding tert-OH is 1. The average molecular weight is 399 g/mol. The maximum Gasteiger partial charge on any atom is 0.255 e. The van der Waals surface area contributed by atoms with Crippen LogP contribution in [0.15, 0.2) is 54.6 Å². The minimum Gasteiger partial charge on any atom is -0.394 e. The number of thioether (sulfide) groups is 1. The van der Waals surface area contributed by atoms with Crippen LogP contribution in [-0.2, 0) is 17.8 Å². The second-order valence-electron chi connectivity index (χ2n) is 6.97. The number of aliphatic hydroxyl groups is 1. The van der Waals surface area contributed by atoms with Gasteiger partial charge in [0.1, 0.15) is 6.04 Å². The first-order valence-electron chi connectivity index (χ1n) is 9.47. The van der Waals surface area contributed by atoms with Crippen LogP contribution >= 0.6 is 11.8 Å². The van der Waals surface area contributed by atoms with Crippen molar-refractivity contribution in [3.05, 3.63) is 71.3 Å². The lowest BCUT2D eigenvalue weighted by Gasteiger charge is -2.29. The van der Waals surface area contributed by atoms with Gasteiger partial charge in [0.2, 0.25) is 5.91 Å². The van der Waals surface area contributed by atoms with Gasteiger partial charge in [0.25, 0.3) is 5.91 Å². The van der Waals surface area contributed by atoms with E-state index in [0.717, 1.165) is 16.9 Å². The van der Waals surface area contributed by atoms with Gasteiger partial charge in [-0.05, 0) is 35.6 Å². The van der Waals surface area contributed by atoms with Crippen LogP contribution < -0.4 is 5.32 Å². The Bertz CT molecular complexity index is 812. The second-order valence-corrected chi connectivity index (χ2v) is 7.95. The molecule has 2 atom stereocenters. The van der Waals surface area contributed by atoms with Crippen molar-refractivity contribution in [1.82, 2.24) is 10.2 Å². The summed E-state index contributed by atoms with van der Waals surface area (Å²) in [5, 5.41) is 12.6. The molecule has 0 saturated carbocycles. The number of fused-ring (bicyclic) bond motifs is 1. The molecule has 0 aliphatic carbocycles. The van der Waals surface area contributed by atoms with Gasteiger partial charge >= 0.3 is 0 Å². The first kappa shape index (κ1) is 20.4. The molecule has 148 valence electrons. The maximum atomic E-state index is 13.1. The third kappa shape index (κ3) is 4.75. The molecule has 1 aliphatic heterocycles. The Morgan fingerprint density at radius 2 is 1.89 bits per heavy atom. The standard InChI is InChI=1S/C22H26N2O3S/c1-28-12-11-18(15-25)23-21(26)20(13-16-7-3-2-4-8-16)24-14-17-9-5-6-10-19(17)22(24)27/h2-10,18,20,25H,11-15H2,1H3,(H,23,26)/t18-,20?/m0/s1. The molecule has 1 unspecified atom stereocenters. The maximum absolute atomic E-state index is 13.1. The van der Waals surface area contributed by atoms with Gasteiger partial charge in [-0.2, -0.15) is 11.8 Å². The lowest BCUT2D eigenvalue weighted by atomic mass is 10.0. The summed E-state index contributed by atoms with van der Waals surface area (Å²) < 4.78 is 0. The summed E-state index contributed by atoms with van der Waals surface area (Å²) in [4.78, 5) is 27.7. The van der Waals surface area contributed by atoms with E-state index >= 15 is 0 Å². The fraction of sp³-hybridized carbons (Fsp3) is 0.364. The molecule has 0 bridgehead atoms. The minimum absolute atomic E-state index is 0.113. The van der Waals surface area contributed by atoms with Gasteiger partial charge in [-0.1, -0.05) is 48.5 Å². The number of carbonyl (C=O) groups is 2. The molecule has 3 rings (SSSR count). The van der Waals surface area contributed by atoms with Crippen molar-refractivity contribution in [2.45, 2.75) is 31.5 Å². The highest BCUT2D eigenvalue weighted by atomic mass is 32.2. The number of nitrogens with one attached hydrogen (secondary N) is 1. The summed E-state index contributed by atoms with van der Waals surface area (Å²) in [7, 11) is 0. The molecule has 0 radical (unpaired) electrons. The molecule has 2 amide bonds. The van der Waals surface area contributed by atoms with Gasteiger partial charge in [0.05, 0.1) is 12.6 Å². The highest BCUT2D eigenvalue weighted by Crippen LogP contribution is 2.26. The van der Waals surface area contributed by atoms with E-state index in [1.165, 1.54) is 0 Å². The van der Waals surface area contributed by atoms with Crippen LogP contribution in [0.4, 0.5) is 0 Å². The third-order valence-corrected chi connectivity index (χ3v) is 5.68. The van der Waals surface area contributed by atoms with Gasteiger partial charge < -0.3 is 15.3 Å². The predicted octanol–water partition coefficient (Wildman–Crippen LogP) is 2.48. The third-order valence-electron chi connectivity index (χ3n) is 5.04. The van der Waals surface area contributed by atoms with Crippen LogP contribution in [0.1, 0.15) is 27.9 Å².